The van der Waals surface area contributed by atoms with Crippen molar-refractivity contribution in [1.29, 1.82) is 5.26 Å². The van der Waals surface area contributed by atoms with E-state index in [0.29, 0.717) is 47.6 Å². The number of imidazole rings is 1. The summed E-state index contributed by atoms with van der Waals surface area (Å²) in [7, 11) is 1.71. The summed E-state index contributed by atoms with van der Waals surface area (Å²) in [5.74, 6) is 0.878. The summed E-state index contributed by atoms with van der Waals surface area (Å²) in [5.41, 5.74) is 2.45. The van der Waals surface area contributed by atoms with Gasteiger partial charge >= 0.3 is 6.61 Å². The third kappa shape index (κ3) is 4.73. The molecular formula is C33H33F2N7O3S. The predicted molar refractivity (Wildman–Crippen MR) is 167 cm³/mol. The monoisotopic (exact) mass is 645 g/mol. The SMILES string of the molecule is CN1C(=O)c2cccc(OC(F)F)c2[C@H]2C[C@@H]1c1nc3ccc(-c4cnc(C5(N[S@+]([O-])C(C)(C)C)CC(C)(C#N)C5)nc4)cc3n12. The Morgan fingerprint density at radius 3 is 2.52 bits per heavy atom. The first kappa shape index (κ1) is 30.5. The molecule has 1 amide bonds. The number of rotatable bonds is 6. The molecule has 7 rings (SSSR count). The maximum absolute atomic E-state index is 13.5. The number of alkyl halides is 2. The number of carbonyl (C=O) groups excluding carboxylic acids is 1. The number of hydrogen-bond donors (Lipinski definition) is 1. The lowest BCUT2D eigenvalue weighted by Crippen LogP contribution is -2.61. The van der Waals surface area contributed by atoms with Crippen molar-refractivity contribution in [1.82, 2.24) is 29.1 Å². The molecule has 2 aromatic carbocycles. The van der Waals surface area contributed by atoms with Crippen molar-refractivity contribution >= 4 is 28.3 Å². The third-order valence-corrected chi connectivity index (χ3v) is 11.0. The summed E-state index contributed by atoms with van der Waals surface area (Å²) in [6.07, 6.45) is 4.78. The number of carbonyl (C=O) groups is 1. The number of benzene rings is 2. The second-order valence-electron chi connectivity index (χ2n) is 13.7. The lowest BCUT2D eigenvalue weighted by atomic mass is 9.59. The number of fused-ring (bicyclic) bond motifs is 9. The van der Waals surface area contributed by atoms with E-state index in [9.17, 15) is 23.4 Å². The minimum absolute atomic E-state index is 0.0202. The van der Waals surface area contributed by atoms with Gasteiger partial charge in [-0.2, -0.15) is 14.0 Å². The van der Waals surface area contributed by atoms with Crippen LogP contribution in [0.4, 0.5) is 8.78 Å². The van der Waals surface area contributed by atoms with Crippen molar-refractivity contribution in [2.75, 3.05) is 7.05 Å². The largest absolute Gasteiger partial charge is 0.598 e. The molecule has 0 unspecified atom stereocenters. The minimum Gasteiger partial charge on any atom is -0.598 e. The number of nitrogens with zero attached hydrogens (tertiary/aromatic N) is 6. The molecule has 1 aliphatic carbocycles. The van der Waals surface area contributed by atoms with Crippen LogP contribution in [0.5, 0.6) is 5.75 Å². The Bertz CT molecular complexity index is 1910. The van der Waals surface area contributed by atoms with Gasteiger partial charge in [0.05, 0.1) is 34.6 Å². The average Bonchev–Trinajstić information content (AvgIpc) is 3.52. The number of halogens is 2. The van der Waals surface area contributed by atoms with Gasteiger partial charge < -0.3 is 18.8 Å². The molecule has 238 valence electrons. The number of ether oxygens (including phenoxy) is 1. The van der Waals surface area contributed by atoms with Crippen LogP contribution in [0.1, 0.15) is 86.6 Å². The van der Waals surface area contributed by atoms with Crippen molar-refractivity contribution in [3.05, 3.63) is 71.6 Å². The van der Waals surface area contributed by atoms with E-state index >= 15 is 0 Å². The van der Waals surface area contributed by atoms with Crippen LogP contribution in [0.2, 0.25) is 0 Å². The Hall–Kier alpha value is -4.12. The van der Waals surface area contributed by atoms with E-state index < -0.39 is 39.7 Å². The van der Waals surface area contributed by atoms with Crippen molar-refractivity contribution < 1.29 is 22.9 Å². The third-order valence-electron chi connectivity index (χ3n) is 9.32. The number of nitrogens with one attached hydrogen (secondary N) is 1. The average molecular weight is 646 g/mol. The van der Waals surface area contributed by atoms with E-state index in [0.717, 1.165) is 16.6 Å². The zero-order chi connectivity index (χ0) is 32.8. The summed E-state index contributed by atoms with van der Waals surface area (Å²) >= 11 is -1.40. The predicted octanol–water partition coefficient (Wildman–Crippen LogP) is 5.79. The Morgan fingerprint density at radius 1 is 1.15 bits per heavy atom. The fourth-order valence-corrected chi connectivity index (χ4v) is 8.05. The quantitative estimate of drug-likeness (QED) is 0.261. The topological polar surface area (TPSA) is 132 Å². The Morgan fingerprint density at radius 2 is 1.87 bits per heavy atom. The summed E-state index contributed by atoms with van der Waals surface area (Å²) in [4.78, 5) is 29.3. The van der Waals surface area contributed by atoms with Crippen molar-refractivity contribution in [3.8, 4) is 22.9 Å². The summed E-state index contributed by atoms with van der Waals surface area (Å²) in [6, 6.07) is 12.0. The second kappa shape index (κ2) is 10.4. The highest BCUT2D eigenvalue weighted by Gasteiger charge is 2.58. The molecule has 0 radical (unpaired) electrons. The number of amides is 1. The van der Waals surface area contributed by atoms with Crippen LogP contribution in [0.3, 0.4) is 0 Å². The first-order valence-electron chi connectivity index (χ1n) is 15.0. The van der Waals surface area contributed by atoms with Crippen LogP contribution in [-0.2, 0) is 16.9 Å². The number of hydrogen-bond acceptors (Lipinski definition) is 8. The van der Waals surface area contributed by atoms with Crippen LogP contribution < -0.4 is 9.46 Å². The maximum atomic E-state index is 13.5. The molecule has 2 bridgehead atoms. The van der Waals surface area contributed by atoms with Crippen LogP contribution in [0.15, 0.2) is 48.8 Å². The highest BCUT2D eigenvalue weighted by molar-refractivity contribution is 7.90. The highest BCUT2D eigenvalue weighted by atomic mass is 32.2. The Labute approximate surface area is 268 Å². The summed E-state index contributed by atoms with van der Waals surface area (Å²) < 4.78 is 49.7. The van der Waals surface area contributed by atoms with Gasteiger partial charge in [0.1, 0.15) is 21.9 Å². The van der Waals surface area contributed by atoms with Gasteiger partial charge in [-0.05, 0) is 70.4 Å². The molecule has 3 aliphatic rings. The van der Waals surface area contributed by atoms with E-state index in [2.05, 4.69) is 10.8 Å². The molecule has 4 heterocycles. The van der Waals surface area contributed by atoms with Gasteiger partial charge in [0.2, 0.25) is 0 Å². The molecule has 1 saturated carbocycles. The summed E-state index contributed by atoms with van der Waals surface area (Å²) in [5, 5.41) is 9.69. The van der Waals surface area contributed by atoms with Gasteiger partial charge in [0, 0.05) is 53.9 Å². The van der Waals surface area contributed by atoms with Crippen LogP contribution in [-0.4, -0.2) is 53.3 Å². The smallest absolute Gasteiger partial charge is 0.387 e. The minimum atomic E-state index is -3.04. The van der Waals surface area contributed by atoms with E-state index in [1.807, 2.05) is 50.5 Å². The molecule has 2 aliphatic heterocycles. The fourth-order valence-electron chi connectivity index (χ4n) is 7.15. The van der Waals surface area contributed by atoms with Gasteiger partial charge in [-0.1, -0.05) is 12.1 Å². The van der Waals surface area contributed by atoms with Gasteiger partial charge in [-0.25, -0.2) is 15.0 Å². The highest BCUT2D eigenvalue weighted by Crippen LogP contribution is 2.54. The summed E-state index contributed by atoms with van der Waals surface area (Å²) in [6.45, 7) is 4.50. The first-order chi connectivity index (χ1) is 21.7. The van der Waals surface area contributed by atoms with E-state index in [-0.39, 0.29) is 17.7 Å². The first-order valence-corrected chi connectivity index (χ1v) is 16.2. The molecule has 1 N–H and O–H groups in total. The molecular weight excluding hydrogens is 612 g/mol. The van der Waals surface area contributed by atoms with Gasteiger partial charge in [-0.15, -0.1) is 4.72 Å². The van der Waals surface area contributed by atoms with Crippen molar-refractivity contribution in [2.45, 2.75) is 75.9 Å². The normalized spacial score (nSPS) is 25.9. The second-order valence-corrected chi connectivity index (χ2v) is 15.7. The van der Waals surface area contributed by atoms with Crippen LogP contribution >= 0.6 is 0 Å². The van der Waals surface area contributed by atoms with Gasteiger partial charge in [0.15, 0.2) is 5.82 Å². The molecule has 10 nitrogen and oxygen atoms in total. The van der Waals surface area contributed by atoms with Crippen LogP contribution in [0.25, 0.3) is 22.2 Å². The van der Waals surface area contributed by atoms with Crippen molar-refractivity contribution in [2.24, 2.45) is 5.41 Å². The van der Waals surface area contributed by atoms with Crippen molar-refractivity contribution in [3.63, 3.8) is 0 Å². The zero-order valence-electron chi connectivity index (χ0n) is 26.0. The Balaban J connectivity index is 1.28. The standard InChI is InChI=1S/C33H33F2N7O3S/c1-31(2,3)46(44)40-33(15-32(4,16-33)17-36)29-37-13-19(14-38-29)18-9-10-21-22(11-18)42-23-12-24(27(42)39-21)41(5)28(43)20-7-6-8-25(26(20)23)45-30(34)35/h6-11,13-14,23-24,30,40H,12,15-16H2,1-5H3/t23-,24-,32?,33?,46-/m1/s1. The van der Waals surface area contributed by atoms with E-state index in [1.165, 1.54) is 6.07 Å². The molecule has 1 fully saturated rings. The zero-order valence-corrected chi connectivity index (χ0v) is 26.9. The van der Waals surface area contributed by atoms with E-state index in [1.54, 1.807) is 36.5 Å². The molecule has 0 saturated heterocycles. The number of aromatic nitrogens is 4. The fraction of sp³-hybridized carbons (Fsp3) is 0.424. The Kier molecular flexibility index (Phi) is 6.94. The molecule has 4 aromatic rings. The number of nitriles is 1. The molecule has 3 atom stereocenters. The maximum Gasteiger partial charge on any atom is 0.387 e. The molecule has 2 aromatic heterocycles. The van der Waals surface area contributed by atoms with Crippen LogP contribution in [0, 0.1) is 16.7 Å². The molecule has 13 heteroatoms. The lowest BCUT2D eigenvalue weighted by Gasteiger charge is -2.50. The van der Waals surface area contributed by atoms with Gasteiger partial charge in [-0.3, -0.25) is 4.79 Å². The van der Waals surface area contributed by atoms with E-state index in [4.69, 9.17) is 19.7 Å². The molecule has 0 spiro atoms. The van der Waals surface area contributed by atoms with Gasteiger partial charge in [0.25, 0.3) is 5.91 Å². The lowest BCUT2D eigenvalue weighted by molar-refractivity contribution is -0.0507. The molecule has 46 heavy (non-hydrogen) atoms.